The number of hydrogen-bond acceptors (Lipinski definition) is 4. The van der Waals surface area contributed by atoms with Gasteiger partial charge in [-0.3, -0.25) is 14.5 Å². The van der Waals surface area contributed by atoms with E-state index in [0.29, 0.717) is 23.4 Å². The summed E-state index contributed by atoms with van der Waals surface area (Å²) in [5.41, 5.74) is 0.287. The largest absolute Gasteiger partial charge is 0.496 e. The Bertz CT molecular complexity index is 960. The summed E-state index contributed by atoms with van der Waals surface area (Å²) in [7, 11) is 1.46. The van der Waals surface area contributed by atoms with Gasteiger partial charge >= 0.3 is 6.03 Å². The molecule has 0 aliphatic carbocycles. The molecule has 1 heterocycles. The van der Waals surface area contributed by atoms with Crippen molar-refractivity contribution in [2.45, 2.75) is 19.0 Å². The summed E-state index contributed by atoms with van der Waals surface area (Å²) in [5, 5.41) is 4.56. The van der Waals surface area contributed by atoms with Crippen molar-refractivity contribution >= 4 is 23.5 Å². The lowest BCUT2D eigenvalue weighted by Gasteiger charge is -2.15. The van der Waals surface area contributed by atoms with Crippen molar-refractivity contribution in [3.8, 4) is 5.75 Å². The fraction of sp³-hybridized carbons (Fsp3) is 0.211. The lowest BCUT2D eigenvalue weighted by atomic mass is 10.1. The Kier molecular flexibility index (Phi) is 5.71. The molecule has 0 saturated carbocycles. The number of urea groups is 1. The molecular weight excluding hydrogens is 391 g/mol. The van der Waals surface area contributed by atoms with E-state index in [0.717, 1.165) is 4.90 Å². The predicted octanol–water partition coefficient (Wildman–Crippen LogP) is 2.56. The molecule has 10 heteroatoms. The number of carbonyl (C=O) groups excluding carboxylic acids is 3. The molecule has 0 aromatic heterocycles. The molecule has 1 aliphatic heterocycles. The molecule has 1 atom stereocenters. The third-order valence-corrected chi connectivity index (χ3v) is 4.29. The molecule has 0 radical (unpaired) electrons. The van der Waals surface area contributed by atoms with Crippen LogP contribution < -0.4 is 15.4 Å². The zero-order chi connectivity index (χ0) is 21.1. The highest BCUT2D eigenvalue weighted by molar-refractivity contribution is 6.06. The summed E-state index contributed by atoms with van der Waals surface area (Å²) >= 11 is 0. The molecule has 1 unspecified atom stereocenters. The standard InChI is InChI=1S/C19H16F3N3O4/c1-29-15-5-3-2-4-10(15)9-25-18(27)14(24-19(25)28)8-16(26)23-11-6-12(20)17(22)13(21)7-11/h2-7,14H,8-9H2,1H3,(H,23,26)(H,24,28). The van der Waals surface area contributed by atoms with Crippen LogP contribution in [-0.2, 0) is 16.1 Å². The summed E-state index contributed by atoms with van der Waals surface area (Å²) in [6, 6.07) is 6.23. The minimum absolute atomic E-state index is 0.0544. The number of nitrogens with one attached hydrogen (secondary N) is 2. The Morgan fingerprint density at radius 1 is 1.17 bits per heavy atom. The first kappa shape index (κ1) is 20.2. The highest BCUT2D eigenvalue weighted by atomic mass is 19.2. The van der Waals surface area contributed by atoms with Crippen LogP contribution in [0.15, 0.2) is 36.4 Å². The summed E-state index contributed by atoms with van der Waals surface area (Å²) in [6.45, 7) is -0.0544. The summed E-state index contributed by atoms with van der Waals surface area (Å²) < 4.78 is 44.6. The minimum atomic E-state index is -1.66. The predicted molar refractivity (Wildman–Crippen MR) is 95.4 cm³/mol. The minimum Gasteiger partial charge on any atom is -0.496 e. The van der Waals surface area contributed by atoms with Crippen molar-refractivity contribution < 1.29 is 32.3 Å². The number of nitrogens with zero attached hydrogens (tertiary/aromatic N) is 1. The molecule has 3 rings (SSSR count). The topological polar surface area (TPSA) is 87.7 Å². The Hall–Kier alpha value is -3.56. The average molecular weight is 407 g/mol. The Balaban J connectivity index is 1.66. The van der Waals surface area contributed by atoms with E-state index in [1.807, 2.05) is 0 Å². The molecular formula is C19H16F3N3O4. The van der Waals surface area contributed by atoms with Crippen LogP contribution in [0.4, 0.5) is 23.7 Å². The number of hydrogen-bond donors (Lipinski definition) is 2. The van der Waals surface area contributed by atoms with Gasteiger partial charge in [-0.1, -0.05) is 18.2 Å². The van der Waals surface area contributed by atoms with Crippen LogP contribution in [0.3, 0.4) is 0 Å². The number of para-hydroxylation sites is 1. The molecule has 2 N–H and O–H groups in total. The Morgan fingerprint density at radius 2 is 1.83 bits per heavy atom. The van der Waals surface area contributed by atoms with Crippen LogP contribution in [0, 0.1) is 17.5 Å². The van der Waals surface area contributed by atoms with Gasteiger partial charge in [0.2, 0.25) is 5.91 Å². The van der Waals surface area contributed by atoms with E-state index in [1.165, 1.54) is 7.11 Å². The first-order valence-electron chi connectivity index (χ1n) is 8.48. The van der Waals surface area contributed by atoms with E-state index < -0.39 is 47.8 Å². The molecule has 1 saturated heterocycles. The molecule has 29 heavy (non-hydrogen) atoms. The van der Waals surface area contributed by atoms with Crippen LogP contribution in [-0.4, -0.2) is 35.9 Å². The number of amides is 4. The molecule has 152 valence electrons. The van der Waals surface area contributed by atoms with Crippen LogP contribution in [0.5, 0.6) is 5.75 Å². The number of ether oxygens (including phenoxy) is 1. The van der Waals surface area contributed by atoms with Crippen molar-refractivity contribution in [1.29, 1.82) is 0 Å². The van der Waals surface area contributed by atoms with Gasteiger partial charge in [0, 0.05) is 23.4 Å². The zero-order valence-electron chi connectivity index (χ0n) is 15.2. The molecule has 0 spiro atoms. The molecule has 1 fully saturated rings. The summed E-state index contributed by atoms with van der Waals surface area (Å²) in [5.74, 6) is -5.51. The molecule has 2 aromatic carbocycles. The van der Waals surface area contributed by atoms with Crippen LogP contribution >= 0.6 is 0 Å². The second-order valence-electron chi connectivity index (χ2n) is 6.24. The molecule has 0 bridgehead atoms. The second-order valence-corrected chi connectivity index (χ2v) is 6.24. The maximum atomic E-state index is 13.2. The Morgan fingerprint density at radius 3 is 2.48 bits per heavy atom. The van der Waals surface area contributed by atoms with E-state index in [4.69, 9.17) is 4.74 Å². The van der Waals surface area contributed by atoms with Crippen LogP contribution in [0.2, 0.25) is 0 Å². The molecule has 1 aliphatic rings. The Labute approximate surface area is 163 Å². The number of anilines is 1. The smallest absolute Gasteiger partial charge is 0.325 e. The number of rotatable bonds is 6. The van der Waals surface area contributed by atoms with Gasteiger partial charge in [0.1, 0.15) is 11.8 Å². The van der Waals surface area contributed by atoms with E-state index in [1.54, 1.807) is 24.3 Å². The van der Waals surface area contributed by atoms with Crippen LogP contribution in [0.1, 0.15) is 12.0 Å². The van der Waals surface area contributed by atoms with Crippen molar-refractivity contribution in [3.05, 3.63) is 59.4 Å². The third kappa shape index (κ3) is 4.31. The highest BCUT2D eigenvalue weighted by Crippen LogP contribution is 2.22. The highest BCUT2D eigenvalue weighted by Gasteiger charge is 2.39. The number of imide groups is 1. The maximum Gasteiger partial charge on any atom is 0.325 e. The summed E-state index contributed by atoms with van der Waals surface area (Å²) in [4.78, 5) is 37.7. The van der Waals surface area contributed by atoms with E-state index in [2.05, 4.69) is 10.6 Å². The first-order valence-corrected chi connectivity index (χ1v) is 8.48. The van der Waals surface area contributed by atoms with Crippen molar-refractivity contribution in [1.82, 2.24) is 10.2 Å². The van der Waals surface area contributed by atoms with Crippen molar-refractivity contribution in [2.75, 3.05) is 12.4 Å². The number of methoxy groups -OCH3 is 1. The van der Waals surface area contributed by atoms with Crippen LogP contribution in [0.25, 0.3) is 0 Å². The van der Waals surface area contributed by atoms with Gasteiger partial charge < -0.3 is 15.4 Å². The lowest BCUT2D eigenvalue weighted by molar-refractivity contribution is -0.130. The number of benzene rings is 2. The van der Waals surface area contributed by atoms with Crippen molar-refractivity contribution in [3.63, 3.8) is 0 Å². The van der Waals surface area contributed by atoms with Gasteiger partial charge in [-0.25, -0.2) is 18.0 Å². The van der Waals surface area contributed by atoms with E-state index in [-0.39, 0.29) is 12.2 Å². The lowest BCUT2D eigenvalue weighted by Crippen LogP contribution is -2.34. The fourth-order valence-corrected chi connectivity index (χ4v) is 2.89. The van der Waals surface area contributed by atoms with Gasteiger partial charge in [0.25, 0.3) is 5.91 Å². The third-order valence-electron chi connectivity index (χ3n) is 4.29. The average Bonchev–Trinajstić information content (AvgIpc) is 2.93. The molecule has 4 amide bonds. The normalized spacial score (nSPS) is 16.0. The fourth-order valence-electron chi connectivity index (χ4n) is 2.89. The van der Waals surface area contributed by atoms with Gasteiger partial charge in [0.05, 0.1) is 20.1 Å². The van der Waals surface area contributed by atoms with Gasteiger partial charge in [0.15, 0.2) is 17.5 Å². The van der Waals surface area contributed by atoms with E-state index >= 15 is 0 Å². The molecule has 2 aromatic rings. The van der Waals surface area contributed by atoms with Gasteiger partial charge in [-0.05, 0) is 6.07 Å². The number of halogens is 3. The van der Waals surface area contributed by atoms with Gasteiger partial charge in [-0.15, -0.1) is 0 Å². The zero-order valence-corrected chi connectivity index (χ0v) is 15.2. The quantitative estimate of drug-likeness (QED) is 0.569. The van der Waals surface area contributed by atoms with E-state index in [9.17, 15) is 27.6 Å². The van der Waals surface area contributed by atoms with Crippen molar-refractivity contribution in [2.24, 2.45) is 0 Å². The first-order chi connectivity index (χ1) is 13.8. The van der Waals surface area contributed by atoms with Gasteiger partial charge in [-0.2, -0.15) is 0 Å². The number of carbonyl (C=O) groups is 3. The maximum absolute atomic E-state index is 13.2. The molecule has 7 nitrogen and oxygen atoms in total. The second kappa shape index (κ2) is 8.21. The SMILES string of the molecule is COc1ccccc1CN1C(=O)NC(CC(=O)Nc2cc(F)c(F)c(F)c2)C1=O. The monoisotopic (exact) mass is 407 g/mol. The summed E-state index contributed by atoms with van der Waals surface area (Å²) in [6.07, 6.45) is -0.465.